The minimum atomic E-state index is -2.84. The molecule has 3 atom stereocenters. The maximum Gasteiger partial charge on any atom is 0.154 e. The van der Waals surface area contributed by atoms with Gasteiger partial charge in [0.25, 0.3) is 0 Å². The predicted molar refractivity (Wildman–Crippen MR) is 68.7 cm³/mol. The molecule has 1 saturated heterocycles. The van der Waals surface area contributed by atoms with Crippen molar-refractivity contribution in [1.82, 2.24) is 0 Å². The summed E-state index contributed by atoms with van der Waals surface area (Å²) in [6.45, 7) is 0. The highest BCUT2D eigenvalue weighted by Gasteiger charge is 2.47. The molecule has 0 N–H and O–H groups in total. The Hall–Kier alpha value is -0.830. The van der Waals surface area contributed by atoms with Crippen LogP contribution in [0.25, 0.3) is 0 Å². The van der Waals surface area contributed by atoms with Gasteiger partial charge in [-0.25, -0.2) is 8.42 Å². The number of hydrogen-bond donors (Lipinski definition) is 0. The van der Waals surface area contributed by atoms with Crippen LogP contribution in [0.3, 0.4) is 0 Å². The summed E-state index contributed by atoms with van der Waals surface area (Å²) in [4.78, 5) is 0. The normalized spacial score (nSPS) is 35.4. The molecule has 2 fully saturated rings. The Morgan fingerprint density at radius 2 is 1.71 bits per heavy atom. The van der Waals surface area contributed by atoms with Gasteiger partial charge >= 0.3 is 0 Å². The standard InChI is InChI=1S/C14H18O2S/c15-17(16)10-13(11-6-2-1-3-7-11)12-8-4-5-9-14(12)17/h1-3,6-7,12-14H,4-5,8-10H2. The van der Waals surface area contributed by atoms with E-state index in [0.717, 1.165) is 19.3 Å². The van der Waals surface area contributed by atoms with E-state index in [9.17, 15) is 8.42 Å². The molecule has 1 saturated carbocycles. The van der Waals surface area contributed by atoms with Crippen molar-refractivity contribution in [2.45, 2.75) is 36.9 Å². The third-order valence-corrected chi connectivity index (χ3v) is 6.70. The summed E-state index contributed by atoms with van der Waals surface area (Å²) >= 11 is 0. The lowest BCUT2D eigenvalue weighted by Crippen LogP contribution is -2.26. The van der Waals surface area contributed by atoms with E-state index in [4.69, 9.17) is 0 Å². The number of hydrogen-bond acceptors (Lipinski definition) is 2. The second-order valence-electron chi connectivity index (χ2n) is 5.33. The molecule has 0 aromatic heterocycles. The molecule has 1 aromatic rings. The molecule has 0 amide bonds. The summed E-state index contributed by atoms with van der Waals surface area (Å²) in [5.41, 5.74) is 1.21. The quantitative estimate of drug-likeness (QED) is 0.768. The lowest BCUT2D eigenvalue weighted by atomic mass is 9.78. The van der Waals surface area contributed by atoms with Gasteiger partial charge in [0.05, 0.1) is 11.0 Å². The maximum absolute atomic E-state index is 12.2. The molecule has 17 heavy (non-hydrogen) atoms. The number of rotatable bonds is 1. The van der Waals surface area contributed by atoms with E-state index >= 15 is 0 Å². The van der Waals surface area contributed by atoms with E-state index in [1.165, 1.54) is 12.0 Å². The monoisotopic (exact) mass is 250 g/mol. The smallest absolute Gasteiger partial charge is 0.154 e. The molecule has 0 bridgehead atoms. The molecule has 3 heteroatoms. The van der Waals surface area contributed by atoms with Crippen LogP contribution in [0.1, 0.15) is 37.2 Å². The van der Waals surface area contributed by atoms with Crippen LogP contribution < -0.4 is 0 Å². The van der Waals surface area contributed by atoms with E-state index < -0.39 is 9.84 Å². The van der Waals surface area contributed by atoms with Gasteiger partial charge in [0.2, 0.25) is 0 Å². The van der Waals surface area contributed by atoms with Gasteiger partial charge in [0.15, 0.2) is 9.84 Å². The first-order valence-corrected chi connectivity index (χ1v) is 8.16. The zero-order valence-electron chi connectivity index (χ0n) is 9.88. The van der Waals surface area contributed by atoms with Crippen molar-refractivity contribution in [3.05, 3.63) is 35.9 Å². The zero-order chi connectivity index (χ0) is 11.9. The molecule has 1 heterocycles. The van der Waals surface area contributed by atoms with Crippen molar-refractivity contribution in [2.75, 3.05) is 5.75 Å². The minimum absolute atomic E-state index is 0.0542. The Kier molecular flexibility index (Phi) is 2.74. The van der Waals surface area contributed by atoms with Gasteiger partial charge < -0.3 is 0 Å². The molecule has 3 rings (SSSR count). The topological polar surface area (TPSA) is 34.1 Å². The number of benzene rings is 1. The average molecular weight is 250 g/mol. The van der Waals surface area contributed by atoms with Crippen LogP contribution in [-0.4, -0.2) is 19.4 Å². The van der Waals surface area contributed by atoms with Crippen LogP contribution in [0.4, 0.5) is 0 Å². The van der Waals surface area contributed by atoms with E-state index in [-0.39, 0.29) is 11.2 Å². The highest BCUT2D eigenvalue weighted by molar-refractivity contribution is 7.92. The van der Waals surface area contributed by atoms with Crippen molar-refractivity contribution in [1.29, 1.82) is 0 Å². The van der Waals surface area contributed by atoms with Gasteiger partial charge in [-0.3, -0.25) is 0 Å². The van der Waals surface area contributed by atoms with Gasteiger partial charge in [0.1, 0.15) is 0 Å². The zero-order valence-corrected chi connectivity index (χ0v) is 10.7. The Balaban J connectivity index is 1.97. The van der Waals surface area contributed by atoms with Crippen molar-refractivity contribution >= 4 is 9.84 Å². The Labute approximate surface area is 103 Å². The maximum atomic E-state index is 12.2. The van der Waals surface area contributed by atoms with Crippen molar-refractivity contribution in [2.24, 2.45) is 5.92 Å². The van der Waals surface area contributed by atoms with Crippen LogP contribution in [0.2, 0.25) is 0 Å². The third-order valence-electron chi connectivity index (χ3n) is 4.37. The van der Waals surface area contributed by atoms with Crippen LogP contribution >= 0.6 is 0 Å². The van der Waals surface area contributed by atoms with Crippen molar-refractivity contribution in [3.8, 4) is 0 Å². The molecular formula is C14H18O2S. The van der Waals surface area contributed by atoms with Crippen molar-refractivity contribution < 1.29 is 8.42 Å². The second kappa shape index (κ2) is 4.13. The Morgan fingerprint density at radius 3 is 2.47 bits per heavy atom. The molecule has 1 aromatic carbocycles. The molecule has 2 aliphatic rings. The highest BCUT2D eigenvalue weighted by atomic mass is 32.2. The number of sulfone groups is 1. The molecule has 3 unspecified atom stereocenters. The molecule has 92 valence electrons. The van der Waals surface area contributed by atoms with Crippen LogP contribution in [-0.2, 0) is 9.84 Å². The fraction of sp³-hybridized carbons (Fsp3) is 0.571. The SMILES string of the molecule is O=S1(=O)CC(c2ccccc2)C2CCCCC21. The molecule has 2 nitrogen and oxygen atoms in total. The van der Waals surface area contributed by atoms with Crippen LogP contribution in [0.5, 0.6) is 0 Å². The van der Waals surface area contributed by atoms with Gasteiger partial charge in [-0.05, 0) is 24.3 Å². The molecule has 1 aliphatic carbocycles. The summed E-state index contributed by atoms with van der Waals surface area (Å²) in [7, 11) is -2.84. The average Bonchev–Trinajstić information content (AvgIpc) is 2.64. The van der Waals surface area contributed by atoms with E-state index in [1.807, 2.05) is 18.2 Å². The highest BCUT2D eigenvalue weighted by Crippen LogP contribution is 2.46. The number of fused-ring (bicyclic) bond motifs is 1. The summed E-state index contributed by atoms with van der Waals surface area (Å²) in [5.74, 6) is 0.981. The summed E-state index contributed by atoms with van der Waals surface area (Å²) in [5, 5.41) is -0.0542. The van der Waals surface area contributed by atoms with Crippen LogP contribution in [0.15, 0.2) is 30.3 Å². The van der Waals surface area contributed by atoms with Crippen molar-refractivity contribution in [3.63, 3.8) is 0 Å². The fourth-order valence-electron chi connectivity index (χ4n) is 3.57. The third kappa shape index (κ3) is 1.90. The van der Waals surface area contributed by atoms with Crippen LogP contribution in [0, 0.1) is 5.92 Å². The molecule has 0 spiro atoms. The Morgan fingerprint density at radius 1 is 1.00 bits per heavy atom. The predicted octanol–water partition coefficient (Wildman–Crippen LogP) is 2.76. The van der Waals surface area contributed by atoms with E-state index in [1.54, 1.807) is 0 Å². The molecular weight excluding hydrogens is 232 g/mol. The minimum Gasteiger partial charge on any atom is -0.229 e. The summed E-state index contributed by atoms with van der Waals surface area (Å²) in [6.07, 6.45) is 4.25. The first kappa shape index (κ1) is 11.3. The Bertz CT molecular complexity index is 492. The van der Waals surface area contributed by atoms with Gasteiger partial charge in [-0.2, -0.15) is 0 Å². The fourth-order valence-corrected chi connectivity index (χ4v) is 6.14. The molecule has 1 aliphatic heterocycles. The first-order chi connectivity index (χ1) is 8.18. The second-order valence-corrected chi connectivity index (χ2v) is 7.60. The largest absolute Gasteiger partial charge is 0.229 e. The summed E-state index contributed by atoms with van der Waals surface area (Å²) < 4.78 is 24.4. The first-order valence-electron chi connectivity index (χ1n) is 6.45. The van der Waals surface area contributed by atoms with E-state index in [2.05, 4.69) is 12.1 Å². The van der Waals surface area contributed by atoms with Gasteiger partial charge in [-0.15, -0.1) is 0 Å². The lowest BCUT2D eigenvalue weighted by Gasteiger charge is -2.27. The van der Waals surface area contributed by atoms with Gasteiger partial charge in [-0.1, -0.05) is 43.2 Å². The summed E-state index contributed by atoms with van der Waals surface area (Å²) in [6, 6.07) is 10.2. The van der Waals surface area contributed by atoms with Gasteiger partial charge in [0, 0.05) is 5.92 Å². The van der Waals surface area contributed by atoms with E-state index in [0.29, 0.717) is 11.7 Å². The lowest BCUT2D eigenvalue weighted by molar-refractivity contribution is 0.342. The molecule has 0 radical (unpaired) electrons.